The van der Waals surface area contributed by atoms with Crippen LogP contribution >= 0.6 is 0 Å². The summed E-state index contributed by atoms with van der Waals surface area (Å²) in [5, 5.41) is 0. The number of nitrogen functional groups attached to an aromatic ring is 1. The van der Waals surface area contributed by atoms with Crippen molar-refractivity contribution in [3.63, 3.8) is 0 Å². The maximum absolute atomic E-state index is 11.4. The SMILES string of the molecule is COC(=O)c1cccc(CCOc2ccc(N)cc2)c1. The Morgan fingerprint density at radius 2 is 1.90 bits per heavy atom. The van der Waals surface area contributed by atoms with Crippen molar-refractivity contribution in [2.24, 2.45) is 0 Å². The van der Waals surface area contributed by atoms with Crippen LogP contribution in [0.25, 0.3) is 0 Å². The van der Waals surface area contributed by atoms with E-state index in [2.05, 4.69) is 0 Å². The molecule has 0 aliphatic carbocycles. The molecule has 2 N–H and O–H groups in total. The number of hydrogen-bond donors (Lipinski definition) is 1. The lowest BCUT2D eigenvalue weighted by Gasteiger charge is -2.07. The number of methoxy groups -OCH3 is 1. The zero-order valence-corrected chi connectivity index (χ0v) is 11.3. The number of rotatable bonds is 5. The van der Waals surface area contributed by atoms with Crippen LogP contribution in [0, 0.1) is 0 Å². The summed E-state index contributed by atoms with van der Waals surface area (Å²) in [4.78, 5) is 11.4. The molecule has 0 atom stereocenters. The van der Waals surface area contributed by atoms with Gasteiger partial charge in [-0.1, -0.05) is 12.1 Å². The maximum atomic E-state index is 11.4. The highest BCUT2D eigenvalue weighted by molar-refractivity contribution is 5.89. The molecule has 0 amide bonds. The summed E-state index contributed by atoms with van der Waals surface area (Å²) in [7, 11) is 1.37. The average molecular weight is 271 g/mol. The van der Waals surface area contributed by atoms with E-state index in [1.54, 1.807) is 18.2 Å². The number of esters is 1. The van der Waals surface area contributed by atoms with E-state index >= 15 is 0 Å². The van der Waals surface area contributed by atoms with Gasteiger partial charge in [0, 0.05) is 12.1 Å². The third-order valence-corrected chi connectivity index (χ3v) is 2.89. The molecule has 0 bridgehead atoms. The second-order valence-corrected chi connectivity index (χ2v) is 4.36. The van der Waals surface area contributed by atoms with Crippen molar-refractivity contribution in [1.82, 2.24) is 0 Å². The van der Waals surface area contributed by atoms with E-state index in [-0.39, 0.29) is 5.97 Å². The largest absolute Gasteiger partial charge is 0.493 e. The Kier molecular flexibility index (Phi) is 4.60. The summed E-state index contributed by atoms with van der Waals surface area (Å²) >= 11 is 0. The van der Waals surface area contributed by atoms with Crippen molar-refractivity contribution in [2.45, 2.75) is 6.42 Å². The molecule has 0 radical (unpaired) electrons. The first-order valence-corrected chi connectivity index (χ1v) is 6.34. The number of carbonyl (C=O) groups excluding carboxylic acids is 1. The molecule has 2 aromatic carbocycles. The molecule has 0 aliphatic rings. The van der Waals surface area contributed by atoms with Crippen LogP contribution in [0.5, 0.6) is 5.75 Å². The number of nitrogens with two attached hydrogens (primary N) is 1. The average Bonchev–Trinajstić information content (AvgIpc) is 2.49. The van der Waals surface area contributed by atoms with Gasteiger partial charge in [-0.05, 0) is 42.0 Å². The highest BCUT2D eigenvalue weighted by atomic mass is 16.5. The first kappa shape index (κ1) is 13.9. The van der Waals surface area contributed by atoms with Crippen molar-refractivity contribution in [3.8, 4) is 5.75 Å². The molecular formula is C16H17NO3. The minimum absolute atomic E-state index is 0.327. The Labute approximate surface area is 118 Å². The molecule has 0 saturated carbocycles. The highest BCUT2D eigenvalue weighted by Gasteiger charge is 2.05. The number of ether oxygens (including phenoxy) is 2. The normalized spacial score (nSPS) is 10.1. The van der Waals surface area contributed by atoms with Crippen molar-refractivity contribution < 1.29 is 14.3 Å². The monoisotopic (exact) mass is 271 g/mol. The predicted molar refractivity (Wildman–Crippen MR) is 77.8 cm³/mol. The molecule has 4 nitrogen and oxygen atoms in total. The molecule has 0 aromatic heterocycles. The lowest BCUT2D eigenvalue weighted by molar-refractivity contribution is 0.0600. The van der Waals surface area contributed by atoms with Gasteiger partial charge in [0.1, 0.15) is 5.75 Å². The van der Waals surface area contributed by atoms with E-state index < -0.39 is 0 Å². The molecule has 0 heterocycles. The molecule has 20 heavy (non-hydrogen) atoms. The fourth-order valence-corrected chi connectivity index (χ4v) is 1.82. The van der Waals surface area contributed by atoms with Gasteiger partial charge in [-0.25, -0.2) is 4.79 Å². The Balaban J connectivity index is 1.91. The summed E-state index contributed by atoms with van der Waals surface area (Å²) in [6, 6.07) is 14.6. The van der Waals surface area contributed by atoms with Crippen molar-refractivity contribution in [2.75, 3.05) is 19.5 Å². The number of hydrogen-bond acceptors (Lipinski definition) is 4. The summed E-state index contributed by atoms with van der Waals surface area (Å²) in [6.45, 7) is 0.536. The minimum atomic E-state index is -0.327. The van der Waals surface area contributed by atoms with Gasteiger partial charge in [-0.15, -0.1) is 0 Å². The smallest absolute Gasteiger partial charge is 0.337 e. The fourth-order valence-electron chi connectivity index (χ4n) is 1.82. The maximum Gasteiger partial charge on any atom is 0.337 e. The van der Waals surface area contributed by atoms with Crippen LogP contribution in [0.1, 0.15) is 15.9 Å². The summed E-state index contributed by atoms with van der Waals surface area (Å²) in [5.41, 5.74) is 7.90. The van der Waals surface area contributed by atoms with E-state index in [1.807, 2.05) is 30.3 Å². The quantitative estimate of drug-likeness (QED) is 0.671. The van der Waals surface area contributed by atoms with E-state index in [4.69, 9.17) is 15.2 Å². The molecule has 0 saturated heterocycles. The molecule has 0 unspecified atom stereocenters. The highest BCUT2D eigenvalue weighted by Crippen LogP contribution is 2.14. The fraction of sp³-hybridized carbons (Fsp3) is 0.188. The third-order valence-electron chi connectivity index (χ3n) is 2.89. The predicted octanol–water partition coefficient (Wildman–Crippen LogP) is 2.68. The summed E-state index contributed by atoms with van der Waals surface area (Å²) in [6.07, 6.45) is 0.717. The lowest BCUT2D eigenvalue weighted by atomic mass is 10.1. The van der Waals surface area contributed by atoms with Crippen LogP contribution in [0.2, 0.25) is 0 Å². The van der Waals surface area contributed by atoms with Gasteiger partial charge in [0.2, 0.25) is 0 Å². The zero-order valence-electron chi connectivity index (χ0n) is 11.3. The van der Waals surface area contributed by atoms with E-state index in [0.717, 1.165) is 17.7 Å². The van der Waals surface area contributed by atoms with Crippen LogP contribution in [-0.4, -0.2) is 19.7 Å². The van der Waals surface area contributed by atoms with Crippen LogP contribution in [0.15, 0.2) is 48.5 Å². The minimum Gasteiger partial charge on any atom is -0.493 e. The summed E-state index contributed by atoms with van der Waals surface area (Å²) < 4.78 is 10.3. The van der Waals surface area contributed by atoms with Crippen molar-refractivity contribution in [1.29, 1.82) is 0 Å². The van der Waals surface area contributed by atoms with Gasteiger partial charge in [-0.3, -0.25) is 0 Å². The second kappa shape index (κ2) is 6.61. The molecule has 104 valence electrons. The topological polar surface area (TPSA) is 61.5 Å². The molecule has 2 aromatic rings. The molecule has 0 spiro atoms. The molecular weight excluding hydrogens is 254 g/mol. The van der Waals surface area contributed by atoms with Gasteiger partial charge < -0.3 is 15.2 Å². The Morgan fingerprint density at radius 3 is 2.60 bits per heavy atom. The molecule has 0 aliphatic heterocycles. The molecule has 0 fully saturated rings. The van der Waals surface area contributed by atoms with Crippen LogP contribution in [-0.2, 0) is 11.2 Å². The number of benzene rings is 2. The standard InChI is InChI=1S/C16H17NO3/c1-19-16(18)13-4-2-3-12(11-13)9-10-20-15-7-5-14(17)6-8-15/h2-8,11H,9-10,17H2,1H3. The number of anilines is 1. The van der Waals surface area contributed by atoms with Gasteiger partial charge in [0.15, 0.2) is 0 Å². The molecule has 4 heteroatoms. The van der Waals surface area contributed by atoms with Crippen molar-refractivity contribution in [3.05, 3.63) is 59.7 Å². The van der Waals surface area contributed by atoms with Crippen LogP contribution in [0.3, 0.4) is 0 Å². The van der Waals surface area contributed by atoms with Crippen LogP contribution in [0.4, 0.5) is 5.69 Å². The Morgan fingerprint density at radius 1 is 1.15 bits per heavy atom. The van der Waals surface area contributed by atoms with E-state index in [0.29, 0.717) is 17.9 Å². The van der Waals surface area contributed by atoms with Gasteiger partial charge in [0.05, 0.1) is 19.3 Å². The Bertz CT molecular complexity index is 579. The van der Waals surface area contributed by atoms with Crippen LogP contribution < -0.4 is 10.5 Å². The van der Waals surface area contributed by atoms with Crippen molar-refractivity contribution >= 4 is 11.7 Å². The third kappa shape index (κ3) is 3.75. The van der Waals surface area contributed by atoms with E-state index in [9.17, 15) is 4.79 Å². The number of carbonyl (C=O) groups is 1. The lowest BCUT2D eigenvalue weighted by Crippen LogP contribution is -2.04. The van der Waals surface area contributed by atoms with Gasteiger partial charge in [-0.2, -0.15) is 0 Å². The first-order chi connectivity index (χ1) is 9.69. The second-order valence-electron chi connectivity index (χ2n) is 4.36. The van der Waals surface area contributed by atoms with Gasteiger partial charge in [0.25, 0.3) is 0 Å². The van der Waals surface area contributed by atoms with E-state index in [1.165, 1.54) is 7.11 Å². The Hall–Kier alpha value is -2.49. The summed E-state index contributed by atoms with van der Waals surface area (Å²) in [5.74, 6) is 0.453. The first-order valence-electron chi connectivity index (χ1n) is 6.34. The molecule has 2 rings (SSSR count). The zero-order chi connectivity index (χ0) is 14.4. The van der Waals surface area contributed by atoms with Gasteiger partial charge >= 0.3 is 5.97 Å².